The Morgan fingerprint density at radius 3 is 2.28 bits per heavy atom. The lowest BCUT2D eigenvalue weighted by atomic mass is 10.0. The van der Waals surface area contributed by atoms with Crippen LogP contribution in [0.4, 0.5) is 4.39 Å². The average Bonchev–Trinajstić information content (AvgIpc) is 3.11. The third kappa shape index (κ3) is 3.56. The van der Waals surface area contributed by atoms with Gasteiger partial charge in [0.05, 0.1) is 5.56 Å². The van der Waals surface area contributed by atoms with Crippen LogP contribution in [0.25, 0.3) is 11.1 Å². The first-order valence-electron chi connectivity index (χ1n) is 8.16. The molecule has 1 aliphatic rings. The van der Waals surface area contributed by atoms with Crippen LogP contribution in [0.2, 0.25) is 0 Å². The third-order valence-electron chi connectivity index (χ3n) is 4.37. The molecule has 7 heteroatoms. The molecule has 1 aromatic carbocycles. The molecule has 2 heterocycles. The first-order valence-corrected chi connectivity index (χ1v) is 8.16. The van der Waals surface area contributed by atoms with Gasteiger partial charge in [-0.05, 0) is 24.6 Å². The van der Waals surface area contributed by atoms with E-state index in [4.69, 9.17) is 0 Å². The Balaban J connectivity index is 1.72. The number of carbonyl (C=O) groups excluding carboxylic acids is 2. The minimum atomic E-state index is -1.03. The molecule has 1 unspecified atom stereocenters. The van der Waals surface area contributed by atoms with Crippen molar-refractivity contribution in [2.75, 3.05) is 26.2 Å². The number of benzene rings is 1. The van der Waals surface area contributed by atoms with E-state index >= 15 is 0 Å². The van der Waals surface area contributed by atoms with E-state index < -0.39 is 6.10 Å². The molecule has 3 rings (SSSR count). The number of carbonyl (C=O) groups is 2. The summed E-state index contributed by atoms with van der Waals surface area (Å²) in [6.07, 6.45) is 2.32. The van der Waals surface area contributed by atoms with Crippen molar-refractivity contribution in [3.63, 3.8) is 0 Å². The number of amides is 2. The van der Waals surface area contributed by atoms with Gasteiger partial charge in [-0.25, -0.2) is 4.39 Å². The highest BCUT2D eigenvalue weighted by Crippen LogP contribution is 2.25. The van der Waals surface area contributed by atoms with Crippen molar-refractivity contribution in [2.24, 2.45) is 0 Å². The van der Waals surface area contributed by atoms with Crippen LogP contribution in [-0.2, 0) is 4.79 Å². The Hall–Kier alpha value is -2.67. The lowest BCUT2D eigenvalue weighted by molar-refractivity contribution is -0.140. The molecule has 0 spiro atoms. The number of nitrogens with one attached hydrogen (secondary N) is 1. The van der Waals surface area contributed by atoms with Crippen LogP contribution >= 0.6 is 0 Å². The number of hydrogen-bond acceptors (Lipinski definition) is 3. The number of aliphatic hydroxyl groups is 1. The number of rotatable bonds is 3. The number of hydrogen-bond donors (Lipinski definition) is 2. The molecule has 1 fully saturated rings. The van der Waals surface area contributed by atoms with Gasteiger partial charge in [0, 0.05) is 44.1 Å². The quantitative estimate of drug-likeness (QED) is 0.885. The second kappa shape index (κ2) is 7.06. The normalized spacial score (nSPS) is 16.0. The standard InChI is InChI=1S/C18H20FN3O3/c1-12(23)17(24)21-6-8-22(9-7-21)18(25)16-11-20-10-15(16)13-2-4-14(19)5-3-13/h2-5,10-12,20,23H,6-9H2,1H3. The Morgan fingerprint density at radius 2 is 1.68 bits per heavy atom. The van der Waals surface area contributed by atoms with Crippen LogP contribution < -0.4 is 0 Å². The molecule has 0 bridgehead atoms. The highest BCUT2D eigenvalue weighted by molar-refractivity contribution is 6.01. The predicted molar refractivity (Wildman–Crippen MR) is 90.4 cm³/mol. The SMILES string of the molecule is CC(O)C(=O)N1CCN(C(=O)c2c[nH]cc2-c2ccc(F)cc2)CC1. The topological polar surface area (TPSA) is 76.6 Å². The van der Waals surface area contributed by atoms with E-state index in [0.717, 1.165) is 5.56 Å². The molecule has 1 aromatic heterocycles. The molecule has 132 valence electrons. The van der Waals surface area contributed by atoms with Crippen molar-refractivity contribution in [3.8, 4) is 11.1 Å². The fourth-order valence-corrected chi connectivity index (χ4v) is 2.97. The first-order chi connectivity index (χ1) is 12.0. The van der Waals surface area contributed by atoms with Crippen molar-refractivity contribution in [1.29, 1.82) is 0 Å². The number of aromatic amines is 1. The zero-order chi connectivity index (χ0) is 18.0. The maximum Gasteiger partial charge on any atom is 0.256 e. The van der Waals surface area contributed by atoms with Crippen LogP contribution in [0.15, 0.2) is 36.7 Å². The van der Waals surface area contributed by atoms with Crippen LogP contribution in [0, 0.1) is 5.82 Å². The summed E-state index contributed by atoms with van der Waals surface area (Å²) in [6, 6.07) is 5.98. The van der Waals surface area contributed by atoms with Crippen LogP contribution in [0.3, 0.4) is 0 Å². The van der Waals surface area contributed by atoms with Gasteiger partial charge >= 0.3 is 0 Å². The van der Waals surface area contributed by atoms with Gasteiger partial charge in [-0.15, -0.1) is 0 Å². The van der Waals surface area contributed by atoms with Crippen molar-refractivity contribution < 1.29 is 19.1 Å². The Labute approximate surface area is 144 Å². The summed E-state index contributed by atoms with van der Waals surface area (Å²) in [4.78, 5) is 30.8. The lowest BCUT2D eigenvalue weighted by Gasteiger charge is -2.35. The van der Waals surface area contributed by atoms with Gasteiger partial charge in [-0.1, -0.05) is 12.1 Å². The molecule has 2 N–H and O–H groups in total. The van der Waals surface area contributed by atoms with Gasteiger partial charge in [0.1, 0.15) is 11.9 Å². The monoisotopic (exact) mass is 345 g/mol. The van der Waals surface area contributed by atoms with E-state index in [9.17, 15) is 19.1 Å². The molecule has 6 nitrogen and oxygen atoms in total. The van der Waals surface area contributed by atoms with Crippen molar-refractivity contribution >= 4 is 11.8 Å². The number of aliphatic hydroxyl groups excluding tert-OH is 1. The minimum absolute atomic E-state index is 0.135. The fourth-order valence-electron chi connectivity index (χ4n) is 2.97. The number of aromatic nitrogens is 1. The lowest BCUT2D eigenvalue weighted by Crippen LogP contribution is -2.52. The van der Waals surface area contributed by atoms with E-state index in [1.165, 1.54) is 19.1 Å². The molecule has 2 amide bonds. The van der Waals surface area contributed by atoms with Gasteiger partial charge in [-0.2, -0.15) is 0 Å². The van der Waals surface area contributed by atoms with Gasteiger partial charge in [-0.3, -0.25) is 9.59 Å². The number of nitrogens with zero attached hydrogens (tertiary/aromatic N) is 2. The molecular weight excluding hydrogens is 325 g/mol. The predicted octanol–water partition coefficient (Wildman–Crippen LogP) is 1.49. The average molecular weight is 345 g/mol. The molecule has 0 radical (unpaired) electrons. The maximum absolute atomic E-state index is 13.1. The summed E-state index contributed by atoms with van der Waals surface area (Å²) in [6.45, 7) is 3.04. The minimum Gasteiger partial charge on any atom is -0.384 e. The van der Waals surface area contributed by atoms with E-state index in [1.54, 1.807) is 34.3 Å². The highest BCUT2D eigenvalue weighted by atomic mass is 19.1. The second-order valence-electron chi connectivity index (χ2n) is 6.08. The zero-order valence-electron chi connectivity index (χ0n) is 13.9. The zero-order valence-corrected chi connectivity index (χ0v) is 13.9. The third-order valence-corrected chi connectivity index (χ3v) is 4.37. The second-order valence-corrected chi connectivity index (χ2v) is 6.08. The summed E-state index contributed by atoms with van der Waals surface area (Å²) in [5, 5.41) is 9.38. The molecule has 0 saturated carbocycles. The molecular formula is C18H20FN3O3. The molecule has 1 saturated heterocycles. The molecule has 2 aromatic rings. The van der Waals surface area contributed by atoms with Crippen LogP contribution in [0.1, 0.15) is 17.3 Å². The summed E-state index contributed by atoms with van der Waals surface area (Å²) in [5.41, 5.74) is 1.99. The Morgan fingerprint density at radius 1 is 1.08 bits per heavy atom. The van der Waals surface area contributed by atoms with Gasteiger partial charge in [0.2, 0.25) is 0 Å². The molecule has 1 aliphatic heterocycles. The Bertz CT molecular complexity index is 762. The summed E-state index contributed by atoms with van der Waals surface area (Å²) < 4.78 is 13.1. The Kier molecular flexibility index (Phi) is 4.85. The van der Waals surface area contributed by atoms with Gasteiger partial charge in [0.15, 0.2) is 0 Å². The van der Waals surface area contributed by atoms with E-state index in [-0.39, 0.29) is 17.6 Å². The van der Waals surface area contributed by atoms with Crippen molar-refractivity contribution in [3.05, 3.63) is 48.0 Å². The summed E-state index contributed by atoms with van der Waals surface area (Å²) in [7, 11) is 0. The van der Waals surface area contributed by atoms with E-state index in [2.05, 4.69) is 4.98 Å². The number of halogens is 1. The van der Waals surface area contributed by atoms with E-state index in [1.807, 2.05) is 0 Å². The summed E-state index contributed by atoms with van der Waals surface area (Å²) >= 11 is 0. The molecule has 1 atom stereocenters. The number of piperazine rings is 1. The van der Waals surface area contributed by atoms with Crippen molar-refractivity contribution in [2.45, 2.75) is 13.0 Å². The number of H-pyrrole nitrogens is 1. The molecule has 0 aliphatic carbocycles. The van der Waals surface area contributed by atoms with Gasteiger partial charge in [0.25, 0.3) is 11.8 Å². The van der Waals surface area contributed by atoms with Crippen LogP contribution in [0.5, 0.6) is 0 Å². The smallest absolute Gasteiger partial charge is 0.256 e. The highest BCUT2D eigenvalue weighted by Gasteiger charge is 2.28. The maximum atomic E-state index is 13.1. The van der Waals surface area contributed by atoms with Crippen LogP contribution in [-0.4, -0.2) is 64.0 Å². The molecule has 25 heavy (non-hydrogen) atoms. The largest absolute Gasteiger partial charge is 0.384 e. The summed E-state index contributed by atoms with van der Waals surface area (Å²) in [5.74, 6) is -0.781. The van der Waals surface area contributed by atoms with Gasteiger partial charge < -0.3 is 19.9 Å². The van der Waals surface area contributed by atoms with E-state index in [0.29, 0.717) is 37.3 Å². The van der Waals surface area contributed by atoms with Crippen molar-refractivity contribution in [1.82, 2.24) is 14.8 Å². The first kappa shape index (κ1) is 17.2. The fraction of sp³-hybridized carbons (Fsp3) is 0.333.